The van der Waals surface area contributed by atoms with E-state index in [1.165, 1.54) is 30.6 Å². The second kappa shape index (κ2) is 23.8. The maximum Gasteiger partial charge on any atom is 2.00 e. The minimum atomic E-state index is -3.04. The van der Waals surface area contributed by atoms with Crippen LogP contribution >= 0.6 is 8.25 Å². The van der Waals surface area contributed by atoms with E-state index in [1.54, 1.807) is 13.8 Å². The van der Waals surface area contributed by atoms with E-state index < -0.39 is 26.2 Å². The summed E-state index contributed by atoms with van der Waals surface area (Å²) >= 11 is 0. The Morgan fingerprint density at radius 2 is 1.59 bits per heavy atom. The molecule has 1 aliphatic rings. The van der Waals surface area contributed by atoms with Crippen molar-refractivity contribution in [2.24, 2.45) is 5.92 Å². The normalized spacial score (nSPS) is 17.5. The molecule has 10 nitrogen and oxygen atoms in total. The molecule has 1 aliphatic carbocycles. The second-order valence-electron chi connectivity index (χ2n) is 5.90. The average molecular weight is 624 g/mol. The molecule has 0 aliphatic heterocycles. The predicted octanol–water partition coefficient (Wildman–Crippen LogP) is 3.45. The number of hydrogen-bond acceptors (Lipinski definition) is 7. The summed E-state index contributed by atoms with van der Waals surface area (Å²) in [6.45, 7) is 12.5. The molecule has 1 rings (SSSR count). The molecule has 0 aromatic rings. The molecule has 0 amide bonds. The molecule has 3 atom stereocenters. The quantitative estimate of drug-likeness (QED) is 0.126. The molecule has 178 valence electrons. The predicted molar refractivity (Wildman–Crippen MR) is 107 cm³/mol. The maximum absolute atomic E-state index is 10.5. The third kappa shape index (κ3) is 22.0. The molecule has 1 fully saturated rings. The standard InChI is InChI=1S/C7H13NO4.C6H11N.C4H10.HO4P.Pt.H2/c1-3-8(4-2)5(6(9)10)7(11)12;1-5-3-2-4-6(5)7;1-3-4-2;1-4-5(2)3;;/h5H,3-4H2,1-2H3,(H,9,10)(H,11,12);5-7H,1-4H2;3-4H2,1-2H3;1H;;1H/q;-2;;;+2;. The summed E-state index contributed by atoms with van der Waals surface area (Å²) in [7, 11) is -3.04. The van der Waals surface area contributed by atoms with Crippen molar-refractivity contribution < 1.29 is 61.7 Å². The van der Waals surface area contributed by atoms with Crippen molar-refractivity contribution in [1.82, 2.24) is 4.90 Å². The molecule has 1 saturated carbocycles. The first-order valence-corrected chi connectivity index (χ1v) is 10.3. The molecular formula is C17H37N2O8PPt. The number of rotatable bonds is 7. The van der Waals surface area contributed by atoms with Crippen molar-refractivity contribution in [3.63, 3.8) is 0 Å². The van der Waals surface area contributed by atoms with E-state index in [1.807, 2.05) is 0 Å². The fourth-order valence-electron chi connectivity index (χ4n) is 2.04. The molecule has 29 heavy (non-hydrogen) atoms. The van der Waals surface area contributed by atoms with Crippen LogP contribution in [0.25, 0.3) is 5.73 Å². The summed E-state index contributed by atoms with van der Waals surface area (Å²) in [4.78, 5) is 31.3. The van der Waals surface area contributed by atoms with Crippen molar-refractivity contribution in [2.45, 2.75) is 71.9 Å². The molecule has 12 heteroatoms. The van der Waals surface area contributed by atoms with Crippen LogP contribution in [0.5, 0.6) is 0 Å². The number of nitrogens with one attached hydrogen (secondary N) is 1. The topological polar surface area (TPSA) is 171 Å². The number of carboxylic acids is 2. The molecule has 0 saturated heterocycles. The zero-order valence-corrected chi connectivity index (χ0v) is 20.6. The molecule has 0 bridgehead atoms. The number of hydrogen-bond donors (Lipinski definition) is 3. The molecular weight excluding hydrogens is 586 g/mol. The van der Waals surface area contributed by atoms with Gasteiger partial charge in [-0.3, -0.25) is 4.90 Å². The average Bonchev–Trinajstić information content (AvgIpc) is 3.02. The number of likely N-dealkylation sites (N-methyl/N-ethyl adjacent to an activating group) is 1. The zero-order valence-electron chi connectivity index (χ0n) is 17.5. The van der Waals surface area contributed by atoms with E-state index >= 15 is 0 Å². The van der Waals surface area contributed by atoms with Crippen LogP contribution in [-0.2, 0) is 39.9 Å². The van der Waals surface area contributed by atoms with E-state index in [-0.39, 0.29) is 28.5 Å². The fourth-order valence-corrected chi connectivity index (χ4v) is 2.04. The smallest absolute Gasteiger partial charge is 0.677 e. The summed E-state index contributed by atoms with van der Waals surface area (Å²) in [5, 5.41) is 24.2. The number of aliphatic carboxylic acids is 2. The monoisotopic (exact) mass is 623 g/mol. The van der Waals surface area contributed by atoms with Gasteiger partial charge in [0.2, 0.25) is 6.04 Å². The van der Waals surface area contributed by atoms with Crippen LogP contribution in [0.3, 0.4) is 0 Å². The Labute approximate surface area is 190 Å². The minimum Gasteiger partial charge on any atom is -0.677 e. The van der Waals surface area contributed by atoms with Gasteiger partial charge in [0.05, 0.1) is 0 Å². The van der Waals surface area contributed by atoms with Crippen LogP contribution in [0.2, 0.25) is 0 Å². The van der Waals surface area contributed by atoms with Gasteiger partial charge in [0.1, 0.15) is 0 Å². The van der Waals surface area contributed by atoms with Crippen molar-refractivity contribution in [3.8, 4) is 0 Å². The van der Waals surface area contributed by atoms with Crippen molar-refractivity contribution in [3.05, 3.63) is 12.7 Å². The van der Waals surface area contributed by atoms with Gasteiger partial charge in [0.25, 0.3) is 0 Å². The summed E-state index contributed by atoms with van der Waals surface area (Å²) < 4.78 is 11.6. The van der Waals surface area contributed by atoms with Gasteiger partial charge < -0.3 is 27.8 Å². The number of nitrogens with zero attached hydrogens (tertiary/aromatic N) is 1. The minimum absolute atomic E-state index is 0. The largest absolute Gasteiger partial charge is 2.00 e. The van der Waals surface area contributed by atoms with E-state index in [0.717, 1.165) is 6.42 Å². The van der Waals surface area contributed by atoms with Gasteiger partial charge >= 0.3 is 41.3 Å². The van der Waals surface area contributed by atoms with Gasteiger partial charge in [0.15, 0.2) is 0 Å². The van der Waals surface area contributed by atoms with Gasteiger partial charge in [-0.2, -0.15) is 12.0 Å². The van der Waals surface area contributed by atoms with Crippen LogP contribution in [0.15, 0.2) is 0 Å². The Morgan fingerprint density at radius 3 is 1.66 bits per heavy atom. The van der Waals surface area contributed by atoms with Crippen molar-refractivity contribution >= 4 is 20.2 Å². The third-order valence-electron chi connectivity index (χ3n) is 3.87. The van der Waals surface area contributed by atoms with Gasteiger partial charge in [-0.15, -0.1) is 0 Å². The van der Waals surface area contributed by atoms with E-state index in [2.05, 4.69) is 25.4 Å². The number of carboxylic acid groups (broad SMARTS) is 2. The van der Waals surface area contributed by atoms with Crippen LogP contribution in [0, 0.1) is 12.8 Å². The summed E-state index contributed by atoms with van der Waals surface area (Å²) in [6, 6.07) is -1.26. The molecule has 0 spiro atoms. The Kier molecular flexibility index (Phi) is 29.5. The van der Waals surface area contributed by atoms with Gasteiger partial charge in [0, 0.05) is 6.10 Å². The van der Waals surface area contributed by atoms with E-state index in [9.17, 15) is 9.59 Å². The fraction of sp³-hybridized carbons (Fsp3) is 0.824. The molecule has 3 unspecified atom stereocenters. The molecule has 0 aromatic carbocycles. The molecule has 0 aromatic heterocycles. The molecule has 4 N–H and O–H groups in total. The number of unbranched alkanes of at least 4 members (excludes halogenated alkanes) is 1. The van der Waals surface area contributed by atoms with Gasteiger partial charge in [-0.25, -0.2) is 14.8 Å². The van der Waals surface area contributed by atoms with Crippen LogP contribution in [-0.4, -0.2) is 57.5 Å². The Balaban J connectivity index is -0.0000000992. The Bertz CT molecular complexity index is 411. The molecule has 0 heterocycles. The first-order valence-electron chi connectivity index (χ1n) is 9.23. The van der Waals surface area contributed by atoms with Gasteiger partial charge in [-0.1, -0.05) is 59.8 Å². The summed E-state index contributed by atoms with van der Waals surface area (Å²) in [5.74, 6) is -2.20. The second-order valence-corrected chi connectivity index (χ2v) is 6.51. The van der Waals surface area contributed by atoms with Crippen molar-refractivity contribution in [1.29, 1.82) is 0 Å². The SMILES string of the molecule is CCCC.CCN(CC)C(C(=O)O)C(=O)O.O=[P+]([O-])OO.[CH2-]C1CCCC1[NH-].[HH].[Pt+2]. The van der Waals surface area contributed by atoms with E-state index in [0.29, 0.717) is 19.0 Å². The Hall–Kier alpha value is -0.472. The summed E-state index contributed by atoms with van der Waals surface area (Å²) in [5.41, 5.74) is 7.28. The Morgan fingerprint density at radius 1 is 1.21 bits per heavy atom. The number of carbonyl (C=O) groups is 2. The van der Waals surface area contributed by atoms with E-state index in [4.69, 9.17) is 30.7 Å². The first-order chi connectivity index (χ1) is 13.0. The van der Waals surface area contributed by atoms with Crippen LogP contribution in [0.4, 0.5) is 0 Å². The van der Waals surface area contributed by atoms with Crippen molar-refractivity contribution in [2.75, 3.05) is 13.1 Å². The van der Waals surface area contributed by atoms with Crippen LogP contribution in [0.1, 0.15) is 61.2 Å². The van der Waals surface area contributed by atoms with Crippen LogP contribution < -0.4 is 4.89 Å². The zero-order chi connectivity index (χ0) is 22.7. The maximum atomic E-state index is 10.5. The molecule has 0 radical (unpaired) electrons. The first kappa shape index (κ1) is 35.9. The van der Waals surface area contributed by atoms with Gasteiger partial charge in [-0.05, 0) is 17.7 Å². The third-order valence-corrected chi connectivity index (χ3v) is 4.00. The summed E-state index contributed by atoms with van der Waals surface area (Å²) in [6.07, 6.45) is 6.12.